The summed E-state index contributed by atoms with van der Waals surface area (Å²) in [6.07, 6.45) is 5.13. The van der Waals surface area contributed by atoms with Crippen LogP contribution in [0, 0.1) is 23.1 Å². The zero-order chi connectivity index (χ0) is 14.9. The zero-order valence-corrected chi connectivity index (χ0v) is 12.2. The number of likely N-dealkylation sites (tertiary alicyclic amines) is 1. The quantitative estimate of drug-likeness (QED) is 0.910. The van der Waals surface area contributed by atoms with Crippen LogP contribution in [0.2, 0.25) is 0 Å². The van der Waals surface area contributed by atoms with E-state index in [0.717, 1.165) is 44.3 Å². The van der Waals surface area contributed by atoms with E-state index in [1.165, 1.54) is 18.6 Å². The molecule has 0 bridgehead atoms. The Morgan fingerprint density at radius 3 is 3.00 bits per heavy atom. The van der Waals surface area contributed by atoms with Gasteiger partial charge in [0.05, 0.1) is 17.2 Å². The molecule has 112 valence electrons. The number of piperidine rings is 1. The number of aliphatic hydroxyl groups is 1. The topological polar surface area (TPSA) is 47.3 Å². The number of nitriles is 1. The number of halogens is 1. The first-order chi connectivity index (χ1) is 10.1. The smallest absolute Gasteiger partial charge is 0.124 e. The van der Waals surface area contributed by atoms with Gasteiger partial charge in [0.15, 0.2) is 0 Å². The van der Waals surface area contributed by atoms with Crippen molar-refractivity contribution >= 4 is 0 Å². The second-order valence-electron chi connectivity index (χ2n) is 6.49. The van der Waals surface area contributed by atoms with Crippen LogP contribution in [0.25, 0.3) is 0 Å². The number of nitrogens with zero attached hydrogens (tertiary/aromatic N) is 2. The molecule has 1 aromatic carbocycles. The standard InChI is InChI=1S/C17H21FN2O/c18-16-8-13(10-19)7-14(9-16)11-20-6-5-17(21)4-2-1-3-15(17)12-20/h7-9,15,21H,1-6,11-12H2. The third kappa shape index (κ3) is 3.09. The van der Waals surface area contributed by atoms with Crippen molar-refractivity contribution in [2.75, 3.05) is 13.1 Å². The maximum atomic E-state index is 13.5. The molecule has 2 unspecified atom stereocenters. The molecule has 0 radical (unpaired) electrons. The van der Waals surface area contributed by atoms with Crippen molar-refractivity contribution in [1.82, 2.24) is 4.90 Å². The van der Waals surface area contributed by atoms with E-state index in [-0.39, 0.29) is 5.82 Å². The Balaban J connectivity index is 1.69. The summed E-state index contributed by atoms with van der Waals surface area (Å²) in [5.41, 5.74) is 0.734. The minimum atomic E-state index is -0.478. The van der Waals surface area contributed by atoms with E-state index in [4.69, 9.17) is 5.26 Å². The molecule has 0 aromatic heterocycles. The molecule has 2 fully saturated rings. The predicted octanol–water partition coefficient (Wildman–Crippen LogP) is 2.82. The first-order valence-corrected chi connectivity index (χ1v) is 7.73. The van der Waals surface area contributed by atoms with Gasteiger partial charge in [-0.05, 0) is 43.0 Å². The Bertz CT molecular complexity index is 568. The summed E-state index contributed by atoms with van der Waals surface area (Å²) in [7, 11) is 0. The molecular weight excluding hydrogens is 267 g/mol. The molecule has 3 nitrogen and oxygen atoms in total. The van der Waals surface area contributed by atoms with E-state index in [0.29, 0.717) is 18.0 Å². The molecule has 1 heterocycles. The van der Waals surface area contributed by atoms with Crippen molar-refractivity contribution < 1.29 is 9.50 Å². The molecule has 1 N–H and O–H groups in total. The molecule has 1 saturated carbocycles. The van der Waals surface area contributed by atoms with E-state index in [2.05, 4.69) is 4.90 Å². The number of hydrogen-bond acceptors (Lipinski definition) is 3. The highest BCUT2D eigenvalue weighted by molar-refractivity contribution is 5.33. The molecule has 21 heavy (non-hydrogen) atoms. The number of rotatable bonds is 2. The number of hydrogen-bond donors (Lipinski definition) is 1. The second kappa shape index (κ2) is 5.75. The van der Waals surface area contributed by atoms with Crippen LogP contribution in [0.1, 0.15) is 43.2 Å². The lowest BCUT2D eigenvalue weighted by molar-refractivity contribution is -0.0968. The van der Waals surface area contributed by atoms with Gasteiger partial charge in [-0.2, -0.15) is 5.26 Å². The Labute approximate surface area is 125 Å². The predicted molar refractivity (Wildman–Crippen MR) is 77.9 cm³/mol. The normalized spacial score (nSPS) is 29.7. The van der Waals surface area contributed by atoms with Crippen LogP contribution in [0.5, 0.6) is 0 Å². The van der Waals surface area contributed by atoms with Gasteiger partial charge in [-0.3, -0.25) is 4.90 Å². The Hall–Kier alpha value is -1.44. The average Bonchev–Trinajstić information content (AvgIpc) is 2.47. The van der Waals surface area contributed by atoms with Crippen LogP contribution < -0.4 is 0 Å². The average molecular weight is 288 g/mol. The van der Waals surface area contributed by atoms with E-state index in [1.807, 2.05) is 6.07 Å². The maximum Gasteiger partial charge on any atom is 0.124 e. The van der Waals surface area contributed by atoms with Gasteiger partial charge in [-0.15, -0.1) is 0 Å². The molecule has 1 aromatic rings. The van der Waals surface area contributed by atoms with Crippen molar-refractivity contribution in [1.29, 1.82) is 5.26 Å². The van der Waals surface area contributed by atoms with E-state index < -0.39 is 5.60 Å². The minimum absolute atomic E-state index is 0.337. The first-order valence-electron chi connectivity index (χ1n) is 7.73. The molecule has 4 heteroatoms. The van der Waals surface area contributed by atoms with Crippen LogP contribution >= 0.6 is 0 Å². The molecule has 1 aliphatic carbocycles. The number of benzene rings is 1. The summed E-state index contributed by atoms with van der Waals surface area (Å²) in [6.45, 7) is 2.36. The summed E-state index contributed by atoms with van der Waals surface area (Å²) in [5.74, 6) is -0.0146. The fourth-order valence-corrected chi connectivity index (χ4v) is 3.85. The van der Waals surface area contributed by atoms with Crippen LogP contribution in [-0.2, 0) is 6.54 Å². The van der Waals surface area contributed by atoms with Gasteiger partial charge >= 0.3 is 0 Å². The van der Waals surface area contributed by atoms with Crippen LogP contribution in [0.15, 0.2) is 18.2 Å². The molecule has 2 aliphatic rings. The summed E-state index contributed by atoms with van der Waals surface area (Å²) in [5, 5.41) is 19.6. The van der Waals surface area contributed by atoms with E-state index in [9.17, 15) is 9.50 Å². The van der Waals surface area contributed by atoms with Crippen LogP contribution in [0.3, 0.4) is 0 Å². The van der Waals surface area contributed by atoms with Gasteiger partial charge in [-0.25, -0.2) is 4.39 Å². The van der Waals surface area contributed by atoms with Gasteiger partial charge in [0.1, 0.15) is 5.82 Å². The lowest BCUT2D eigenvalue weighted by atomic mass is 9.71. The van der Waals surface area contributed by atoms with Gasteiger partial charge in [0, 0.05) is 25.6 Å². The van der Waals surface area contributed by atoms with Crippen molar-refractivity contribution in [3.8, 4) is 6.07 Å². The van der Waals surface area contributed by atoms with Crippen molar-refractivity contribution in [2.24, 2.45) is 5.92 Å². The summed E-state index contributed by atoms with van der Waals surface area (Å²) >= 11 is 0. The highest BCUT2D eigenvalue weighted by Crippen LogP contribution is 2.40. The van der Waals surface area contributed by atoms with E-state index in [1.54, 1.807) is 6.07 Å². The number of fused-ring (bicyclic) bond motifs is 1. The van der Waals surface area contributed by atoms with Crippen LogP contribution in [-0.4, -0.2) is 28.7 Å². The molecule has 0 spiro atoms. The highest BCUT2D eigenvalue weighted by atomic mass is 19.1. The van der Waals surface area contributed by atoms with Gasteiger partial charge in [0.2, 0.25) is 0 Å². The molecule has 1 aliphatic heterocycles. The SMILES string of the molecule is N#Cc1cc(F)cc(CN2CCC3(O)CCCCC3C2)c1. The second-order valence-corrected chi connectivity index (χ2v) is 6.49. The van der Waals surface area contributed by atoms with E-state index >= 15 is 0 Å². The summed E-state index contributed by atoms with van der Waals surface area (Å²) < 4.78 is 13.5. The highest BCUT2D eigenvalue weighted by Gasteiger charge is 2.42. The Morgan fingerprint density at radius 1 is 1.33 bits per heavy atom. The molecule has 2 atom stereocenters. The lowest BCUT2D eigenvalue weighted by Crippen LogP contribution is -2.52. The summed E-state index contributed by atoms with van der Waals surface area (Å²) in [4.78, 5) is 2.28. The third-order valence-corrected chi connectivity index (χ3v) is 5.00. The Kier molecular flexibility index (Phi) is 3.97. The molecule has 1 saturated heterocycles. The largest absolute Gasteiger partial charge is 0.390 e. The minimum Gasteiger partial charge on any atom is -0.390 e. The fraction of sp³-hybridized carbons (Fsp3) is 0.588. The van der Waals surface area contributed by atoms with Crippen molar-refractivity contribution in [3.63, 3.8) is 0 Å². The maximum absolute atomic E-state index is 13.5. The first kappa shape index (κ1) is 14.5. The monoisotopic (exact) mass is 288 g/mol. The van der Waals surface area contributed by atoms with Gasteiger partial charge < -0.3 is 5.11 Å². The van der Waals surface area contributed by atoms with Gasteiger partial charge in [0.25, 0.3) is 0 Å². The van der Waals surface area contributed by atoms with Crippen molar-refractivity contribution in [3.05, 3.63) is 35.1 Å². The van der Waals surface area contributed by atoms with Crippen molar-refractivity contribution in [2.45, 2.75) is 44.2 Å². The lowest BCUT2D eigenvalue weighted by Gasteiger charge is -2.47. The molecule has 0 amide bonds. The van der Waals surface area contributed by atoms with Crippen LogP contribution in [0.4, 0.5) is 4.39 Å². The summed E-state index contributed by atoms with van der Waals surface area (Å²) in [6, 6.07) is 6.52. The Morgan fingerprint density at radius 2 is 2.19 bits per heavy atom. The molecule has 3 rings (SSSR count). The zero-order valence-electron chi connectivity index (χ0n) is 12.2. The van der Waals surface area contributed by atoms with Gasteiger partial charge in [-0.1, -0.05) is 12.8 Å². The third-order valence-electron chi connectivity index (χ3n) is 5.00. The molecular formula is C17H21FN2O. The fourth-order valence-electron chi connectivity index (χ4n) is 3.85.